The van der Waals surface area contributed by atoms with Crippen LogP contribution in [-0.4, -0.2) is 38.3 Å². The van der Waals surface area contributed by atoms with Crippen LogP contribution >= 0.6 is 0 Å². The molecule has 0 aliphatic rings. The van der Waals surface area contributed by atoms with Crippen molar-refractivity contribution in [3.05, 3.63) is 0 Å². The van der Waals surface area contributed by atoms with E-state index in [4.69, 9.17) is 4.74 Å². The van der Waals surface area contributed by atoms with Crippen molar-refractivity contribution in [1.82, 2.24) is 4.90 Å². The molecule has 0 rings (SSSR count). The van der Waals surface area contributed by atoms with Gasteiger partial charge >= 0.3 is 0 Å². The zero-order chi connectivity index (χ0) is 11.2. The van der Waals surface area contributed by atoms with E-state index in [0.29, 0.717) is 6.10 Å². The van der Waals surface area contributed by atoms with Crippen LogP contribution in [-0.2, 0) is 4.74 Å². The Bertz CT molecular complexity index is 138. The molecule has 0 aliphatic heterocycles. The molecule has 0 bridgehead atoms. The van der Waals surface area contributed by atoms with Crippen molar-refractivity contribution in [2.24, 2.45) is 5.41 Å². The molecule has 0 N–H and O–H groups in total. The van der Waals surface area contributed by atoms with Crippen LogP contribution in [0.25, 0.3) is 0 Å². The maximum absolute atomic E-state index is 5.92. The van der Waals surface area contributed by atoms with Gasteiger partial charge in [-0.05, 0) is 25.9 Å². The van der Waals surface area contributed by atoms with Gasteiger partial charge in [-0.15, -0.1) is 0 Å². The molecule has 0 aliphatic carbocycles. The largest absolute Gasteiger partial charge is 0.376 e. The van der Waals surface area contributed by atoms with Gasteiger partial charge < -0.3 is 9.64 Å². The summed E-state index contributed by atoms with van der Waals surface area (Å²) >= 11 is 0. The van der Waals surface area contributed by atoms with E-state index in [-0.39, 0.29) is 5.41 Å². The van der Waals surface area contributed by atoms with E-state index >= 15 is 0 Å². The van der Waals surface area contributed by atoms with Crippen LogP contribution < -0.4 is 0 Å². The summed E-state index contributed by atoms with van der Waals surface area (Å²) < 4.78 is 5.92. The normalized spacial score (nSPS) is 14.8. The Kier molecular flexibility index (Phi) is 6.38. The first-order chi connectivity index (χ1) is 6.38. The predicted octanol–water partition coefficient (Wildman–Crippen LogP) is 2.78. The smallest absolute Gasteiger partial charge is 0.0623 e. The summed E-state index contributed by atoms with van der Waals surface area (Å²) in [5, 5.41) is 0. The minimum absolute atomic E-state index is 0.266. The van der Waals surface area contributed by atoms with E-state index in [1.54, 1.807) is 0 Å². The van der Waals surface area contributed by atoms with Gasteiger partial charge in [-0.1, -0.05) is 34.1 Å². The van der Waals surface area contributed by atoms with Gasteiger partial charge in [0.15, 0.2) is 0 Å². The van der Waals surface area contributed by atoms with Gasteiger partial charge in [-0.25, -0.2) is 0 Å². The minimum Gasteiger partial charge on any atom is -0.376 e. The van der Waals surface area contributed by atoms with Crippen molar-refractivity contribution in [1.29, 1.82) is 0 Å². The van der Waals surface area contributed by atoms with E-state index in [9.17, 15) is 0 Å². The molecule has 1 atom stereocenters. The molecule has 0 aromatic carbocycles. The van der Waals surface area contributed by atoms with Gasteiger partial charge in [-0.2, -0.15) is 0 Å². The second kappa shape index (κ2) is 6.41. The molecule has 0 saturated carbocycles. The van der Waals surface area contributed by atoms with Crippen LogP contribution in [0.15, 0.2) is 0 Å². The summed E-state index contributed by atoms with van der Waals surface area (Å²) in [6, 6.07) is 0. The average Bonchev–Trinajstić information content (AvgIpc) is 2.00. The maximum atomic E-state index is 5.92. The molecular weight excluding hydrogens is 174 g/mol. The molecule has 86 valence electrons. The SMILES string of the molecule is CCC[C@@H](OCCN(C)C)C(C)(C)C. The Balaban J connectivity index is 3.86. The highest BCUT2D eigenvalue weighted by Gasteiger charge is 2.24. The van der Waals surface area contributed by atoms with Gasteiger partial charge in [0, 0.05) is 6.54 Å². The molecule has 2 nitrogen and oxygen atoms in total. The van der Waals surface area contributed by atoms with E-state index in [1.165, 1.54) is 6.42 Å². The maximum Gasteiger partial charge on any atom is 0.0623 e. The van der Waals surface area contributed by atoms with Crippen molar-refractivity contribution in [2.75, 3.05) is 27.2 Å². The van der Waals surface area contributed by atoms with Crippen molar-refractivity contribution in [3.8, 4) is 0 Å². The number of rotatable bonds is 6. The Morgan fingerprint density at radius 1 is 1.21 bits per heavy atom. The molecule has 2 heteroatoms. The topological polar surface area (TPSA) is 12.5 Å². The Morgan fingerprint density at radius 2 is 1.79 bits per heavy atom. The molecular formula is C12H27NO. The molecule has 0 aromatic rings. The van der Waals surface area contributed by atoms with Crippen LogP contribution in [0.4, 0.5) is 0 Å². The highest BCUT2D eigenvalue weighted by molar-refractivity contribution is 4.74. The summed E-state index contributed by atoms with van der Waals surface area (Å²) in [5.74, 6) is 0. The lowest BCUT2D eigenvalue weighted by atomic mass is 9.86. The van der Waals surface area contributed by atoms with Crippen LogP contribution in [0.3, 0.4) is 0 Å². The van der Waals surface area contributed by atoms with Gasteiger partial charge in [-0.3, -0.25) is 0 Å². The minimum atomic E-state index is 0.266. The summed E-state index contributed by atoms with van der Waals surface area (Å²) in [7, 11) is 4.16. The zero-order valence-corrected chi connectivity index (χ0v) is 10.8. The second-order valence-electron chi connectivity index (χ2n) is 5.32. The number of ether oxygens (including phenoxy) is 1. The lowest BCUT2D eigenvalue weighted by molar-refractivity contribution is -0.0274. The molecule has 0 spiro atoms. The molecule has 0 fully saturated rings. The highest BCUT2D eigenvalue weighted by atomic mass is 16.5. The monoisotopic (exact) mass is 201 g/mol. The Labute approximate surface area is 89.6 Å². The zero-order valence-electron chi connectivity index (χ0n) is 10.8. The standard InChI is InChI=1S/C12H27NO/c1-7-8-11(12(2,3)4)14-10-9-13(5)6/h11H,7-10H2,1-6H3/t11-/m1/s1. The molecule has 0 saturated heterocycles. The predicted molar refractivity (Wildman–Crippen MR) is 62.7 cm³/mol. The van der Waals surface area contributed by atoms with Crippen LogP contribution in [0.1, 0.15) is 40.5 Å². The van der Waals surface area contributed by atoms with E-state index in [1.807, 2.05) is 0 Å². The third-order valence-corrected chi connectivity index (χ3v) is 2.37. The average molecular weight is 201 g/mol. The number of likely N-dealkylation sites (N-methyl/N-ethyl adjacent to an activating group) is 1. The summed E-state index contributed by atoms with van der Waals surface area (Å²) in [6.45, 7) is 10.8. The summed E-state index contributed by atoms with van der Waals surface area (Å²) in [6.07, 6.45) is 2.76. The summed E-state index contributed by atoms with van der Waals surface area (Å²) in [5.41, 5.74) is 0.266. The van der Waals surface area contributed by atoms with E-state index in [0.717, 1.165) is 19.6 Å². The van der Waals surface area contributed by atoms with Crippen molar-refractivity contribution >= 4 is 0 Å². The van der Waals surface area contributed by atoms with Gasteiger partial charge in [0.2, 0.25) is 0 Å². The van der Waals surface area contributed by atoms with Gasteiger partial charge in [0.25, 0.3) is 0 Å². The highest BCUT2D eigenvalue weighted by Crippen LogP contribution is 2.25. The van der Waals surface area contributed by atoms with Crippen molar-refractivity contribution in [3.63, 3.8) is 0 Å². The van der Waals surface area contributed by atoms with E-state index in [2.05, 4.69) is 46.7 Å². The fourth-order valence-corrected chi connectivity index (χ4v) is 1.41. The fraction of sp³-hybridized carbons (Fsp3) is 1.00. The Morgan fingerprint density at radius 3 is 2.14 bits per heavy atom. The lowest BCUT2D eigenvalue weighted by Gasteiger charge is -2.31. The van der Waals surface area contributed by atoms with Crippen molar-refractivity contribution < 1.29 is 4.74 Å². The Hall–Kier alpha value is -0.0800. The van der Waals surface area contributed by atoms with Crippen LogP contribution in [0, 0.1) is 5.41 Å². The first-order valence-corrected chi connectivity index (χ1v) is 5.64. The first kappa shape index (κ1) is 13.9. The third-order valence-electron chi connectivity index (χ3n) is 2.37. The molecule has 0 heterocycles. The van der Waals surface area contributed by atoms with Gasteiger partial charge in [0.05, 0.1) is 12.7 Å². The van der Waals surface area contributed by atoms with Crippen LogP contribution in [0.5, 0.6) is 0 Å². The molecule has 0 amide bonds. The second-order valence-corrected chi connectivity index (χ2v) is 5.32. The van der Waals surface area contributed by atoms with Crippen LogP contribution in [0.2, 0.25) is 0 Å². The van der Waals surface area contributed by atoms with E-state index < -0.39 is 0 Å². The fourth-order valence-electron chi connectivity index (χ4n) is 1.41. The quantitative estimate of drug-likeness (QED) is 0.655. The molecule has 0 radical (unpaired) electrons. The molecule has 0 aromatic heterocycles. The van der Waals surface area contributed by atoms with Gasteiger partial charge in [0.1, 0.15) is 0 Å². The molecule has 0 unspecified atom stereocenters. The molecule has 14 heavy (non-hydrogen) atoms. The summed E-state index contributed by atoms with van der Waals surface area (Å²) in [4.78, 5) is 2.16. The first-order valence-electron chi connectivity index (χ1n) is 5.64. The lowest BCUT2D eigenvalue weighted by Crippen LogP contribution is -2.31. The third kappa shape index (κ3) is 6.39. The number of hydrogen-bond donors (Lipinski definition) is 0. The number of hydrogen-bond acceptors (Lipinski definition) is 2. The number of nitrogens with zero attached hydrogens (tertiary/aromatic N) is 1. The van der Waals surface area contributed by atoms with Crippen molar-refractivity contribution in [2.45, 2.75) is 46.6 Å².